The highest BCUT2D eigenvalue weighted by molar-refractivity contribution is 7.47. The Morgan fingerprint density at radius 1 is 1.38 bits per heavy atom. The van der Waals surface area contributed by atoms with E-state index >= 15 is 0 Å². The highest BCUT2D eigenvalue weighted by atomic mass is 31.2. The fraction of sp³-hybridized carbons (Fsp3) is 0.533. The molecule has 0 aliphatic carbocycles. The van der Waals surface area contributed by atoms with Crippen molar-refractivity contribution in [3.63, 3.8) is 0 Å². The summed E-state index contributed by atoms with van der Waals surface area (Å²) in [5.74, 6) is -0.563. The molecular weight excluding hydrogens is 474 g/mol. The molecule has 0 saturated carbocycles. The van der Waals surface area contributed by atoms with Gasteiger partial charge in [0.05, 0.1) is 6.61 Å². The van der Waals surface area contributed by atoms with Gasteiger partial charge in [-0.1, -0.05) is 0 Å². The molecule has 1 aliphatic heterocycles. The zero-order valence-electron chi connectivity index (χ0n) is 17.3. The average Bonchev–Trinajstić information content (AvgIpc) is 3.13. The number of nitrogens with zero attached hydrogens (tertiary/aromatic N) is 2. The van der Waals surface area contributed by atoms with Gasteiger partial charge in [0.25, 0.3) is 0 Å². The molecular formula is C15H24N4O11P2. The lowest BCUT2D eigenvalue weighted by Crippen LogP contribution is -2.29. The Bertz CT molecular complexity index is 1010. The van der Waals surface area contributed by atoms with E-state index in [0.717, 1.165) is 18.8 Å². The van der Waals surface area contributed by atoms with Gasteiger partial charge in [-0.15, -0.1) is 0 Å². The number of hydrogen-bond donors (Lipinski definition) is 4. The summed E-state index contributed by atoms with van der Waals surface area (Å²) in [5, 5.41) is 2.38. The lowest BCUT2D eigenvalue weighted by molar-refractivity contribution is -0.115. The van der Waals surface area contributed by atoms with Crippen LogP contribution in [0.15, 0.2) is 17.1 Å². The molecule has 15 nitrogen and oxygen atoms in total. The standard InChI is InChI=1S/C15H24N4O11P2/c1-17-12(20)5-4-9-7-19(15(21)18-14(9)16)13-6-10(30-32(24,25)27-3)11(29-13)8-28-31(22,23)26-2/h4-5,7,10-11,13H,6,8H2,1-3H3,(H,17,20)(H,22,23)(H,24,25)(H2,16,18,21)/b5-4+. The van der Waals surface area contributed by atoms with Crippen molar-refractivity contribution >= 4 is 33.4 Å². The van der Waals surface area contributed by atoms with Gasteiger partial charge in [-0.25, -0.2) is 13.9 Å². The van der Waals surface area contributed by atoms with Gasteiger partial charge in [-0.05, 0) is 6.08 Å². The van der Waals surface area contributed by atoms with Crippen molar-refractivity contribution < 1.29 is 46.5 Å². The number of phosphoric acid groups is 2. The molecule has 1 amide bonds. The van der Waals surface area contributed by atoms with E-state index in [-0.39, 0.29) is 17.8 Å². The Morgan fingerprint density at radius 3 is 2.62 bits per heavy atom. The number of carbonyl (C=O) groups excluding carboxylic acids is 1. The van der Waals surface area contributed by atoms with Gasteiger partial charge in [0, 0.05) is 45.5 Å². The lowest BCUT2D eigenvalue weighted by atomic mass is 10.2. The van der Waals surface area contributed by atoms with Gasteiger partial charge >= 0.3 is 21.3 Å². The summed E-state index contributed by atoms with van der Waals surface area (Å²) < 4.78 is 48.7. The first-order chi connectivity index (χ1) is 14.9. The van der Waals surface area contributed by atoms with Gasteiger partial charge < -0.3 is 25.6 Å². The number of nitrogen functional groups attached to an aromatic ring is 1. The van der Waals surface area contributed by atoms with Crippen LogP contribution in [-0.4, -0.2) is 65.3 Å². The molecule has 5 atom stereocenters. The minimum atomic E-state index is -4.48. The topological polar surface area (TPSA) is 211 Å². The number of aromatic nitrogens is 2. The predicted molar refractivity (Wildman–Crippen MR) is 109 cm³/mol. The van der Waals surface area contributed by atoms with Crippen molar-refractivity contribution in [1.29, 1.82) is 0 Å². The van der Waals surface area contributed by atoms with Crippen molar-refractivity contribution in [1.82, 2.24) is 14.9 Å². The van der Waals surface area contributed by atoms with E-state index in [1.165, 1.54) is 25.4 Å². The number of amides is 1. The smallest absolute Gasteiger partial charge is 0.383 e. The number of phosphoric ester groups is 2. The summed E-state index contributed by atoms with van der Waals surface area (Å²) >= 11 is 0. The zero-order chi connectivity index (χ0) is 24.1. The van der Waals surface area contributed by atoms with Crippen LogP contribution in [0.4, 0.5) is 5.82 Å². The molecule has 0 aromatic carbocycles. The minimum Gasteiger partial charge on any atom is -0.383 e. The molecule has 1 aromatic heterocycles. The van der Waals surface area contributed by atoms with E-state index in [2.05, 4.69) is 19.3 Å². The number of ether oxygens (including phenoxy) is 1. The number of anilines is 1. The molecule has 32 heavy (non-hydrogen) atoms. The number of nitrogens with two attached hydrogens (primary N) is 1. The van der Waals surface area contributed by atoms with Crippen LogP contribution in [0.5, 0.6) is 0 Å². The maximum atomic E-state index is 12.4. The maximum absolute atomic E-state index is 12.4. The fourth-order valence-electron chi connectivity index (χ4n) is 2.65. The summed E-state index contributed by atoms with van der Waals surface area (Å²) in [6, 6.07) is 0. The first kappa shape index (κ1) is 26.3. The Kier molecular flexibility index (Phi) is 8.88. The Labute approximate surface area is 182 Å². The summed E-state index contributed by atoms with van der Waals surface area (Å²) in [6.45, 7) is -0.576. The summed E-state index contributed by atoms with van der Waals surface area (Å²) in [7, 11) is -5.54. The van der Waals surface area contributed by atoms with Crippen molar-refractivity contribution in [2.75, 3.05) is 33.6 Å². The highest BCUT2D eigenvalue weighted by Crippen LogP contribution is 2.48. The van der Waals surface area contributed by atoms with E-state index < -0.39 is 52.3 Å². The summed E-state index contributed by atoms with van der Waals surface area (Å²) in [5.41, 5.74) is 5.14. The molecule has 1 fully saturated rings. The SMILES string of the molecule is CNC(=O)/C=C/c1cn(C2CC(OP(=O)(O)OC)C(COP(=O)(O)OC)O2)c(=O)nc1N. The molecule has 0 bridgehead atoms. The van der Waals surface area contributed by atoms with Gasteiger partial charge in [0.2, 0.25) is 5.91 Å². The maximum Gasteiger partial charge on any atom is 0.472 e. The van der Waals surface area contributed by atoms with E-state index in [9.17, 15) is 28.5 Å². The lowest BCUT2D eigenvalue weighted by Gasteiger charge is -2.21. The molecule has 17 heteroatoms. The molecule has 2 rings (SSSR count). The second kappa shape index (κ2) is 10.8. The van der Waals surface area contributed by atoms with Crippen LogP contribution in [-0.2, 0) is 36.8 Å². The molecule has 2 heterocycles. The molecule has 5 N–H and O–H groups in total. The van der Waals surface area contributed by atoms with Gasteiger partial charge in [0.15, 0.2) is 0 Å². The number of nitrogens with one attached hydrogen (secondary N) is 1. The molecule has 180 valence electrons. The van der Waals surface area contributed by atoms with Crippen LogP contribution in [0.2, 0.25) is 0 Å². The van der Waals surface area contributed by atoms with Crippen LogP contribution in [0, 0.1) is 0 Å². The van der Waals surface area contributed by atoms with Crippen LogP contribution >= 0.6 is 15.6 Å². The van der Waals surface area contributed by atoms with Crippen LogP contribution in [0.3, 0.4) is 0 Å². The molecule has 1 aromatic rings. The quantitative estimate of drug-likeness (QED) is 0.243. The third-order valence-corrected chi connectivity index (χ3v) is 6.23. The van der Waals surface area contributed by atoms with Crippen molar-refractivity contribution in [3.8, 4) is 0 Å². The second-order valence-electron chi connectivity index (χ2n) is 6.33. The fourth-order valence-corrected chi connectivity index (χ4v) is 3.74. The Balaban J connectivity index is 2.33. The minimum absolute atomic E-state index is 0.141. The number of carbonyl (C=O) groups is 1. The number of likely N-dealkylation sites (N-methyl/N-ethyl adjacent to an activating group) is 1. The third-order valence-electron chi connectivity index (χ3n) is 4.29. The van der Waals surface area contributed by atoms with E-state index in [4.69, 9.17) is 19.5 Å². The van der Waals surface area contributed by atoms with Gasteiger partial charge in [0.1, 0.15) is 24.3 Å². The predicted octanol–water partition coefficient (Wildman–Crippen LogP) is -0.232. The van der Waals surface area contributed by atoms with Crippen molar-refractivity contribution in [2.45, 2.75) is 24.9 Å². The zero-order valence-corrected chi connectivity index (χ0v) is 19.1. The normalized spacial score (nSPS) is 24.8. The number of rotatable bonds is 10. The van der Waals surface area contributed by atoms with Gasteiger partial charge in [-0.3, -0.25) is 27.5 Å². The molecule has 1 saturated heterocycles. The third kappa shape index (κ3) is 7.04. The van der Waals surface area contributed by atoms with E-state index in [0.29, 0.717) is 0 Å². The summed E-state index contributed by atoms with van der Waals surface area (Å²) in [4.78, 5) is 46.6. The first-order valence-corrected chi connectivity index (χ1v) is 11.9. The van der Waals surface area contributed by atoms with E-state index in [1.807, 2.05) is 0 Å². The molecule has 5 unspecified atom stereocenters. The van der Waals surface area contributed by atoms with Gasteiger partial charge in [-0.2, -0.15) is 4.98 Å². The van der Waals surface area contributed by atoms with Crippen molar-refractivity contribution in [2.24, 2.45) is 0 Å². The Morgan fingerprint density at radius 2 is 2.03 bits per heavy atom. The van der Waals surface area contributed by atoms with Crippen LogP contribution < -0.4 is 16.7 Å². The average molecular weight is 498 g/mol. The molecule has 0 radical (unpaired) electrons. The second-order valence-corrected chi connectivity index (χ2v) is 9.40. The monoisotopic (exact) mass is 498 g/mol. The van der Waals surface area contributed by atoms with Crippen LogP contribution in [0.1, 0.15) is 18.2 Å². The molecule has 1 aliphatic rings. The summed E-state index contributed by atoms with van der Waals surface area (Å²) in [6.07, 6.45) is 0.185. The molecule has 0 spiro atoms. The largest absolute Gasteiger partial charge is 0.472 e. The van der Waals surface area contributed by atoms with Crippen molar-refractivity contribution in [3.05, 3.63) is 28.3 Å². The van der Waals surface area contributed by atoms with E-state index in [1.54, 1.807) is 0 Å². The van der Waals surface area contributed by atoms with Crippen LogP contribution in [0.25, 0.3) is 6.08 Å². The highest BCUT2D eigenvalue weighted by Gasteiger charge is 2.43. The Hall–Kier alpha value is -1.93. The number of hydrogen-bond acceptors (Lipinski definition) is 11. The first-order valence-electron chi connectivity index (χ1n) is 8.95.